The number of aromatic nitrogens is 3. The largest absolute Gasteiger partial charge is 0.481 e. The molecule has 3 aromatic rings. The molecule has 0 aliphatic rings. The minimum atomic E-state index is -0.290. The van der Waals surface area contributed by atoms with Gasteiger partial charge in [-0.25, -0.2) is 19.3 Å². The molecule has 0 saturated carbocycles. The van der Waals surface area contributed by atoms with Crippen LogP contribution in [0.1, 0.15) is 0 Å². The molecule has 0 spiro atoms. The molecule has 1 aromatic carbocycles. The standard InChI is InChI=1S/C16H13FN4O/c1-22-15-7-6-13(10-19-15)20-14-8-9-18-16(21-14)11-2-4-12(17)5-3-11/h2-10H,1H3,(H,18,20,21). The number of anilines is 2. The third-order valence-electron chi connectivity index (χ3n) is 2.98. The number of nitrogens with one attached hydrogen (secondary N) is 1. The van der Waals surface area contributed by atoms with Crippen LogP contribution in [0.2, 0.25) is 0 Å². The maximum Gasteiger partial charge on any atom is 0.213 e. The van der Waals surface area contributed by atoms with Crippen molar-refractivity contribution in [1.82, 2.24) is 15.0 Å². The first kappa shape index (κ1) is 13.9. The lowest BCUT2D eigenvalue weighted by Crippen LogP contribution is -1.97. The maximum atomic E-state index is 13.0. The van der Waals surface area contributed by atoms with Crippen LogP contribution in [0.15, 0.2) is 54.9 Å². The molecule has 0 bridgehead atoms. The predicted molar refractivity (Wildman–Crippen MR) is 81.5 cm³/mol. The highest BCUT2D eigenvalue weighted by molar-refractivity contribution is 5.60. The Labute approximate surface area is 126 Å². The van der Waals surface area contributed by atoms with E-state index in [1.807, 2.05) is 6.07 Å². The van der Waals surface area contributed by atoms with Crippen molar-refractivity contribution in [1.29, 1.82) is 0 Å². The number of pyridine rings is 1. The third kappa shape index (κ3) is 3.17. The van der Waals surface area contributed by atoms with Crippen molar-refractivity contribution in [2.75, 3.05) is 12.4 Å². The lowest BCUT2D eigenvalue weighted by molar-refractivity contribution is 0.398. The molecule has 2 heterocycles. The van der Waals surface area contributed by atoms with E-state index in [4.69, 9.17) is 4.74 Å². The molecule has 0 atom stereocenters. The van der Waals surface area contributed by atoms with E-state index in [1.54, 1.807) is 43.8 Å². The summed E-state index contributed by atoms with van der Waals surface area (Å²) in [5, 5.41) is 3.13. The topological polar surface area (TPSA) is 59.9 Å². The fourth-order valence-corrected chi connectivity index (χ4v) is 1.89. The van der Waals surface area contributed by atoms with Crippen LogP contribution in [-0.4, -0.2) is 22.1 Å². The van der Waals surface area contributed by atoms with E-state index in [2.05, 4.69) is 20.3 Å². The summed E-state index contributed by atoms with van der Waals surface area (Å²) in [6, 6.07) is 11.4. The van der Waals surface area contributed by atoms with E-state index in [-0.39, 0.29) is 5.82 Å². The summed E-state index contributed by atoms with van der Waals surface area (Å²) < 4.78 is 18.0. The van der Waals surface area contributed by atoms with Gasteiger partial charge in [-0.2, -0.15) is 0 Å². The Morgan fingerprint density at radius 3 is 2.50 bits per heavy atom. The highest BCUT2D eigenvalue weighted by Gasteiger charge is 2.04. The summed E-state index contributed by atoms with van der Waals surface area (Å²) in [6.45, 7) is 0. The minimum absolute atomic E-state index is 0.290. The maximum absolute atomic E-state index is 13.0. The number of hydrogen-bond acceptors (Lipinski definition) is 5. The first-order chi connectivity index (χ1) is 10.7. The van der Waals surface area contributed by atoms with Crippen LogP contribution >= 0.6 is 0 Å². The molecular formula is C16H13FN4O. The van der Waals surface area contributed by atoms with Gasteiger partial charge in [-0.3, -0.25) is 0 Å². The van der Waals surface area contributed by atoms with Crippen molar-refractivity contribution in [2.45, 2.75) is 0 Å². The molecule has 6 heteroatoms. The molecule has 0 aliphatic heterocycles. The average molecular weight is 296 g/mol. The van der Waals surface area contributed by atoms with Gasteiger partial charge in [0.1, 0.15) is 11.6 Å². The van der Waals surface area contributed by atoms with Gasteiger partial charge in [-0.1, -0.05) is 0 Å². The molecule has 1 N–H and O–H groups in total. The van der Waals surface area contributed by atoms with Crippen LogP contribution < -0.4 is 10.1 Å². The van der Waals surface area contributed by atoms with Gasteiger partial charge in [0.25, 0.3) is 0 Å². The number of ether oxygens (including phenoxy) is 1. The van der Waals surface area contributed by atoms with Gasteiger partial charge in [0.15, 0.2) is 5.82 Å². The van der Waals surface area contributed by atoms with E-state index in [0.717, 1.165) is 11.3 Å². The number of methoxy groups -OCH3 is 1. The Morgan fingerprint density at radius 2 is 1.82 bits per heavy atom. The van der Waals surface area contributed by atoms with Crippen LogP contribution in [0.3, 0.4) is 0 Å². The molecule has 0 amide bonds. The van der Waals surface area contributed by atoms with Crippen LogP contribution in [-0.2, 0) is 0 Å². The number of nitrogens with zero attached hydrogens (tertiary/aromatic N) is 3. The second kappa shape index (κ2) is 6.17. The summed E-state index contributed by atoms with van der Waals surface area (Å²) in [5.41, 5.74) is 1.53. The van der Waals surface area contributed by atoms with Crippen LogP contribution in [0.5, 0.6) is 5.88 Å². The first-order valence-electron chi connectivity index (χ1n) is 6.60. The SMILES string of the molecule is COc1ccc(Nc2ccnc(-c3ccc(F)cc3)n2)cn1. The second-order valence-corrected chi connectivity index (χ2v) is 4.49. The zero-order valence-corrected chi connectivity index (χ0v) is 11.8. The van der Waals surface area contributed by atoms with Gasteiger partial charge in [-0.15, -0.1) is 0 Å². The zero-order valence-electron chi connectivity index (χ0n) is 11.8. The van der Waals surface area contributed by atoms with Crippen LogP contribution in [0.25, 0.3) is 11.4 Å². The first-order valence-corrected chi connectivity index (χ1v) is 6.60. The molecule has 0 aliphatic carbocycles. The summed E-state index contributed by atoms with van der Waals surface area (Å²) in [7, 11) is 1.56. The predicted octanol–water partition coefficient (Wildman–Crippen LogP) is 3.43. The van der Waals surface area contributed by atoms with Gasteiger partial charge >= 0.3 is 0 Å². The Morgan fingerprint density at radius 1 is 1.00 bits per heavy atom. The summed E-state index contributed by atoms with van der Waals surface area (Å²) in [4.78, 5) is 12.7. The lowest BCUT2D eigenvalue weighted by atomic mass is 10.2. The molecule has 22 heavy (non-hydrogen) atoms. The van der Waals surface area contributed by atoms with E-state index < -0.39 is 0 Å². The lowest BCUT2D eigenvalue weighted by Gasteiger charge is -2.07. The summed E-state index contributed by atoms with van der Waals surface area (Å²) in [6.07, 6.45) is 3.30. The van der Waals surface area contributed by atoms with Crippen molar-refractivity contribution in [3.05, 3.63) is 60.7 Å². The smallest absolute Gasteiger partial charge is 0.213 e. The highest BCUT2D eigenvalue weighted by atomic mass is 19.1. The summed E-state index contributed by atoms with van der Waals surface area (Å²) in [5.74, 6) is 1.40. The quantitative estimate of drug-likeness (QED) is 0.799. The molecule has 0 unspecified atom stereocenters. The molecule has 3 rings (SSSR count). The van der Waals surface area contributed by atoms with Gasteiger partial charge in [0.05, 0.1) is 19.0 Å². The molecule has 2 aromatic heterocycles. The van der Waals surface area contributed by atoms with Gasteiger partial charge in [0.2, 0.25) is 5.88 Å². The van der Waals surface area contributed by atoms with Gasteiger partial charge < -0.3 is 10.1 Å². The van der Waals surface area contributed by atoms with Crippen molar-refractivity contribution < 1.29 is 9.13 Å². The third-order valence-corrected chi connectivity index (χ3v) is 2.98. The van der Waals surface area contributed by atoms with E-state index in [0.29, 0.717) is 17.5 Å². The molecule has 110 valence electrons. The highest BCUT2D eigenvalue weighted by Crippen LogP contribution is 2.19. The minimum Gasteiger partial charge on any atom is -0.481 e. The fraction of sp³-hybridized carbons (Fsp3) is 0.0625. The Hall–Kier alpha value is -3.02. The van der Waals surface area contributed by atoms with E-state index in [1.165, 1.54) is 12.1 Å². The van der Waals surface area contributed by atoms with Crippen molar-refractivity contribution >= 4 is 11.5 Å². The van der Waals surface area contributed by atoms with E-state index >= 15 is 0 Å². The average Bonchev–Trinajstić information content (AvgIpc) is 2.56. The Kier molecular flexibility index (Phi) is 3.91. The number of hydrogen-bond donors (Lipinski definition) is 1. The van der Waals surface area contributed by atoms with Gasteiger partial charge in [0, 0.05) is 17.8 Å². The second-order valence-electron chi connectivity index (χ2n) is 4.49. The van der Waals surface area contributed by atoms with Gasteiger partial charge in [-0.05, 0) is 36.4 Å². The normalized spacial score (nSPS) is 10.3. The number of benzene rings is 1. The molecule has 0 saturated heterocycles. The van der Waals surface area contributed by atoms with E-state index in [9.17, 15) is 4.39 Å². The van der Waals surface area contributed by atoms with Crippen molar-refractivity contribution in [3.8, 4) is 17.3 Å². The monoisotopic (exact) mass is 296 g/mol. The van der Waals surface area contributed by atoms with Crippen LogP contribution in [0.4, 0.5) is 15.9 Å². The molecule has 5 nitrogen and oxygen atoms in total. The molecule has 0 fully saturated rings. The fourth-order valence-electron chi connectivity index (χ4n) is 1.89. The van der Waals surface area contributed by atoms with Crippen molar-refractivity contribution in [2.24, 2.45) is 0 Å². The zero-order chi connectivity index (χ0) is 15.4. The molecular weight excluding hydrogens is 283 g/mol. The van der Waals surface area contributed by atoms with Crippen molar-refractivity contribution in [3.63, 3.8) is 0 Å². The Balaban J connectivity index is 1.82. The molecule has 0 radical (unpaired) electrons. The Bertz CT molecular complexity index is 760. The number of halogens is 1. The summed E-state index contributed by atoms with van der Waals surface area (Å²) >= 11 is 0. The van der Waals surface area contributed by atoms with Crippen LogP contribution in [0, 0.1) is 5.82 Å². The number of rotatable bonds is 4.